The van der Waals surface area contributed by atoms with E-state index in [-0.39, 0.29) is 29.2 Å². The first kappa shape index (κ1) is 20.8. The van der Waals surface area contributed by atoms with Crippen LogP contribution in [0.25, 0.3) is 5.69 Å². The van der Waals surface area contributed by atoms with Crippen LogP contribution < -0.4 is 16.2 Å². The summed E-state index contributed by atoms with van der Waals surface area (Å²) in [5.41, 5.74) is 10.5. The Kier molecular flexibility index (Phi) is 5.51. The van der Waals surface area contributed by atoms with Crippen LogP contribution in [-0.4, -0.2) is 33.6 Å². The zero-order valence-electron chi connectivity index (χ0n) is 18.2. The van der Waals surface area contributed by atoms with Crippen molar-refractivity contribution in [3.63, 3.8) is 0 Å². The summed E-state index contributed by atoms with van der Waals surface area (Å²) in [4.78, 5) is 24.3. The largest absolute Gasteiger partial charge is 0.348 e. The van der Waals surface area contributed by atoms with Crippen molar-refractivity contribution in [3.05, 3.63) is 47.3 Å². The zero-order chi connectivity index (χ0) is 21.5. The number of aromatic nitrogens is 2. The number of hydrogen-bond acceptors (Lipinski definition) is 5. The number of nitrogens with zero attached hydrogens (tertiary/aromatic N) is 2. The Balaban J connectivity index is 1.50. The van der Waals surface area contributed by atoms with Crippen molar-refractivity contribution < 1.29 is 9.59 Å². The summed E-state index contributed by atoms with van der Waals surface area (Å²) in [5, 5.41) is 7.81. The highest BCUT2D eigenvalue weighted by molar-refractivity contribution is 5.86. The molecular formula is C23H31N5O2. The Labute approximate surface area is 177 Å². The van der Waals surface area contributed by atoms with Crippen LogP contribution in [0.5, 0.6) is 0 Å². The normalized spacial score (nSPS) is 23.8. The third-order valence-corrected chi connectivity index (χ3v) is 6.19. The van der Waals surface area contributed by atoms with Gasteiger partial charge in [-0.05, 0) is 55.7 Å². The van der Waals surface area contributed by atoms with Gasteiger partial charge in [0, 0.05) is 11.3 Å². The molecule has 1 aliphatic carbocycles. The van der Waals surface area contributed by atoms with Gasteiger partial charge in [-0.25, -0.2) is 15.5 Å². The first-order chi connectivity index (χ1) is 14.2. The van der Waals surface area contributed by atoms with E-state index in [1.54, 1.807) is 0 Å². The second-order valence-corrected chi connectivity index (χ2v) is 9.45. The smallest absolute Gasteiger partial charge is 0.239 e. The Morgan fingerprint density at radius 1 is 1.13 bits per heavy atom. The minimum atomic E-state index is -0.399. The van der Waals surface area contributed by atoms with Gasteiger partial charge in [0.05, 0.1) is 24.0 Å². The molecule has 2 heterocycles. The Morgan fingerprint density at radius 3 is 2.47 bits per heavy atom. The van der Waals surface area contributed by atoms with Crippen LogP contribution in [0.4, 0.5) is 0 Å². The van der Waals surface area contributed by atoms with E-state index < -0.39 is 6.04 Å². The van der Waals surface area contributed by atoms with Crippen LogP contribution in [0.2, 0.25) is 0 Å². The highest BCUT2D eigenvalue weighted by Crippen LogP contribution is 2.32. The van der Waals surface area contributed by atoms with Gasteiger partial charge in [-0.2, -0.15) is 5.10 Å². The molecule has 30 heavy (non-hydrogen) atoms. The molecule has 0 saturated carbocycles. The molecule has 7 nitrogen and oxygen atoms in total. The first-order valence-electron chi connectivity index (χ1n) is 10.7. The Morgan fingerprint density at radius 2 is 1.83 bits per heavy atom. The number of carbonyl (C=O) groups is 2. The summed E-state index contributed by atoms with van der Waals surface area (Å²) in [6.07, 6.45) is 5.19. The van der Waals surface area contributed by atoms with Crippen molar-refractivity contribution in [1.29, 1.82) is 0 Å². The molecular weight excluding hydrogens is 378 g/mol. The van der Waals surface area contributed by atoms with E-state index in [0.717, 1.165) is 36.2 Å². The average molecular weight is 410 g/mol. The molecule has 0 radical (unpaired) electrons. The molecule has 1 amide bonds. The number of benzene rings is 1. The fourth-order valence-electron chi connectivity index (χ4n) is 4.30. The quantitative estimate of drug-likeness (QED) is 0.722. The summed E-state index contributed by atoms with van der Waals surface area (Å²) in [6, 6.07) is 7.80. The number of rotatable bonds is 4. The van der Waals surface area contributed by atoms with Gasteiger partial charge in [0.1, 0.15) is 11.8 Å². The Bertz CT molecular complexity index is 941. The van der Waals surface area contributed by atoms with Crippen LogP contribution >= 0.6 is 0 Å². The van der Waals surface area contributed by atoms with Gasteiger partial charge in [0.2, 0.25) is 5.91 Å². The van der Waals surface area contributed by atoms with Crippen molar-refractivity contribution >= 4 is 11.7 Å². The summed E-state index contributed by atoms with van der Waals surface area (Å²) in [7, 11) is 0. The maximum absolute atomic E-state index is 12.7. The van der Waals surface area contributed by atoms with Gasteiger partial charge in [0.25, 0.3) is 0 Å². The van der Waals surface area contributed by atoms with E-state index in [4.69, 9.17) is 0 Å². The van der Waals surface area contributed by atoms with Crippen LogP contribution in [-0.2, 0) is 21.4 Å². The second kappa shape index (κ2) is 7.96. The van der Waals surface area contributed by atoms with Gasteiger partial charge in [-0.15, -0.1) is 0 Å². The lowest BCUT2D eigenvalue weighted by Gasteiger charge is -2.25. The number of nitrogens with one attached hydrogen (secondary N) is 3. The van der Waals surface area contributed by atoms with Gasteiger partial charge >= 0.3 is 0 Å². The number of hydrazine groups is 1. The molecule has 1 aromatic heterocycles. The fraction of sp³-hybridized carbons (Fsp3) is 0.522. The van der Waals surface area contributed by atoms with Gasteiger partial charge in [-0.3, -0.25) is 9.59 Å². The summed E-state index contributed by atoms with van der Waals surface area (Å²) in [6.45, 7) is 8.16. The third kappa shape index (κ3) is 4.04. The molecule has 1 saturated heterocycles. The predicted molar refractivity (Wildman–Crippen MR) is 115 cm³/mol. The van der Waals surface area contributed by atoms with E-state index in [1.165, 1.54) is 12.5 Å². The number of hydrogen-bond donors (Lipinski definition) is 3. The average Bonchev–Trinajstić information content (AvgIpc) is 3.36. The molecule has 2 aromatic rings. The lowest BCUT2D eigenvalue weighted by Crippen LogP contribution is -2.45. The fourth-order valence-corrected chi connectivity index (χ4v) is 4.30. The number of fused-ring (bicyclic) bond motifs is 1. The SMILES string of the molecule is CC(=O)C1CC(C(=O)NC2CCCc3c2cnn3-c2ccc(C(C)(C)C)cc2)NN1. The minimum Gasteiger partial charge on any atom is -0.348 e. The van der Waals surface area contributed by atoms with Crippen LogP contribution in [0.3, 0.4) is 0 Å². The van der Waals surface area contributed by atoms with Gasteiger partial charge < -0.3 is 5.32 Å². The molecule has 3 N–H and O–H groups in total. The number of Topliss-reactive ketones (excluding diaryl/α,β-unsaturated/α-hetero) is 1. The first-order valence-corrected chi connectivity index (χ1v) is 10.7. The van der Waals surface area contributed by atoms with Crippen molar-refractivity contribution in [2.24, 2.45) is 0 Å². The van der Waals surface area contributed by atoms with E-state index in [0.29, 0.717) is 6.42 Å². The molecule has 3 atom stereocenters. The Hall–Kier alpha value is -2.51. The molecule has 1 aromatic carbocycles. The van der Waals surface area contributed by atoms with Crippen molar-refractivity contribution in [3.8, 4) is 5.69 Å². The molecule has 160 valence electrons. The van der Waals surface area contributed by atoms with Crippen LogP contribution in [0, 0.1) is 0 Å². The number of amides is 1. The van der Waals surface area contributed by atoms with Crippen molar-refractivity contribution in [1.82, 2.24) is 25.9 Å². The maximum Gasteiger partial charge on any atom is 0.239 e. The molecule has 0 spiro atoms. The molecule has 0 bridgehead atoms. The zero-order valence-corrected chi connectivity index (χ0v) is 18.2. The third-order valence-electron chi connectivity index (χ3n) is 6.19. The summed E-state index contributed by atoms with van der Waals surface area (Å²) >= 11 is 0. The van der Waals surface area contributed by atoms with E-state index in [2.05, 4.69) is 66.3 Å². The standard InChI is InChI=1S/C23H31N5O2/c1-14(29)19-12-20(27-26-19)22(30)25-18-6-5-7-21-17(18)13-24-28(21)16-10-8-15(9-11-16)23(2,3)4/h8-11,13,18-20,26-27H,5-7,12H2,1-4H3,(H,25,30). The summed E-state index contributed by atoms with van der Waals surface area (Å²) in [5.74, 6) is -0.0390. The predicted octanol–water partition coefficient (Wildman–Crippen LogP) is 2.49. The molecule has 7 heteroatoms. The highest BCUT2D eigenvalue weighted by Gasteiger charge is 2.34. The molecule has 1 aliphatic heterocycles. The van der Waals surface area contributed by atoms with Gasteiger partial charge in [0.15, 0.2) is 0 Å². The van der Waals surface area contributed by atoms with Crippen LogP contribution in [0.15, 0.2) is 30.5 Å². The van der Waals surface area contributed by atoms with Crippen molar-refractivity contribution in [2.45, 2.75) is 76.9 Å². The van der Waals surface area contributed by atoms with Crippen LogP contribution in [0.1, 0.15) is 69.8 Å². The monoisotopic (exact) mass is 409 g/mol. The molecule has 4 rings (SSSR count). The van der Waals surface area contributed by atoms with Gasteiger partial charge in [-0.1, -0.05) is 32.9 Å². The van der Waals surface area contributed by atoms with E-state index in [1.807, 2.05) is 10.9 Å². The minimum absolute atomic E-state index is 0.0384. The second-order valence-electron chi connectivity index (χ2n) is 9.45. The number of ketones is 1. The topological polar surface area (TPSA) is 88.0 Å². The molecule has 1 fully saturated rings. The highest BCUT2D eigenvalue weighted by atomic mass is 16.2. The van der Waals surface area contributed by atoms with Crippen molar-refractivity contribution in [2.75, 3.05) is 0 Å². The molecule has 3 unspecified atom stereocenters. The maximum atomic E-state index is 12.7. The lowest BCUT2D eigenvalue weighted by atomic mass is 9.87. The summed E-state index contributed by atoms with van der Waals surface area (Å²) < 4.78 is 2.00. The van der Waals surface area contributed by atoms with E-state index >= 15 is 0 Å². The number of carbonyl (C=O) groups excluding carboxylic acids is 2. The lowest BCUT2D eigenvalue weighted by molar-refractivity contribution is -0.123. The van der Waals surface area contributed by atoms with E-state index in [9.17, 15) is 9.59 Å². The molecule has 2 aliphatic rings.